The van der Waals surface area contributed by atoms with Crippen LogP contribution in [0.1, 0.15) is 43.4 Å². The highest BCUT2D eigenvalue weighted by atomic mass is 16.5. The molecule has 0 saturated carbocycles. The molecule has 1 saturated heterocycles. The van der Waals surface area contributed by atoms with Crippen molar-refractivity contribution < 1.29 is 9.53 Å². The molecule has 2 aromatic carbocycles. The van der Waals surface area contributed by atoms with Crippen molar-refractivity contribution in [3.05, 3.63) is 59.7 Å². The van der Waals surface area contributed by atoms with Crippen molar-refractivity contribution in [3.63, 3.8) is 0 Å². The van der Waals surface area contributed by atoms with Crippen molar-refractivity contribution in [2.24, 2.45) is 7.05 Å². The molecule has 2 heterocycles. The fourth-order valence-corrected chi connectivity index (χ4v) is 4.05. The highest BCUT2D eigenvalue weighted by Gasteiger charge is 2.31. The summed E-state index contributed by atoms with van der Waals surface area (Å²) in [6.07, 6.45) is 3.56. The third-order valence-corrected chi connectivity index (χ3v) is 5.41. The molecule has 1 N–H and O–H groups in total. The largest absolute Gasteiger partial charge is 0.370 e. The van der Waals surface area contributed by atoms with Gasteiger partial charge in [-0.15, -0.1) is 5.10 Å². The molecule has 1 aromatic heterocycles. The summed E-state index contributed by atoms with van der Waals surface area (Å²) in [6.45, 7) is 1.58. The highest BCUT2D eigenvalue weighted by Crippen LogP contribution is 2.34. The molecule has 6 heteroatoms. The van der Waals surface area contributed by atoms with Crippen LogP contribution in [-0.2, 0) is 23.0 Å². The first kappa shape index (κ1) is 18.6. The van der Waals surface area contributed by atoms with Crippen LogP contribution in [0.15, 0.2) is 48.5 Å². The first-order valence-electron chi connectivity index (χ1n) is 9.84. The van der Waals surface area contributed by atoms with Gasteiger partial charge in [-0.25, -0.2) is 4.68 Å². The van der Waals surface area contributed by atoms with Gasteiger partial charge in [-0.1, -0.05) is 41.6 Å². The predicted molar refractivity (Wildman–Crippen MR) is 108 cm³/mol. The second-order valence-electron chi connectivity index (χ2n) is 7.60. The third kappa shape index (κ3) is 4.22. The minimum Gasteiger partial charge on any atom is -0.370 e. The summed E-state index contributed by atoms with van der Waals surface area (Å²) in [7, 11) is 1.89. The highest BCUT2D eigenvalue weighted by molar-refractivity contribution is 5.75. The summed E-state index contributed by atoms with van der Waals surface area (Å²) >= 11 is 0. The molecular weight excluding hydrogens is 352 g/mol. The maximum atomic E-state index is 11.6. The summed E-state index contributed by atoms with van der Waals surface area (Å²) < 4.78 is 8.22. The van der Waals surface area contributed by atoms with Crippen LogP contribution in [0.2, 0.25) is 0 Å². The molecule has 0 radical (unpaired) electrons. The fourth-order valence-electron chi connectivity index (χ4n) is 4.05. The van der Waals surface area contributed by atoms with E-state index in [9.17, 15) is 4.79 Å². The molecule has 1 fully saturated rings. The standard InChI is InChI=1S/C22H26N4O2/c1-15(27)23-18-13-19(10-8-16-6-4-3-5-7-16)28-22(14-18)17-9-11-21-20(12-17)24-25-26(21)2/h3-7,9,11-12,18-19,22H,8,10,13-14H2,1-2H3,(H,23,27)/t18-,19+,22+/m1/s1. The van der Waals surface area contributed by atoms with E-state index in [-0.39, 0.29) is 24.2 Å². The topological polar surface area (TPSA) is 69.0 Å². The molecular formula is C22H26N4O2. The summed E-state index contributed by atoms with van der Waals surface area (Å²) in [4.78, 5) is 11.6. The van der Waals surface area contributed by atoms with Crippen molar-refractivity contribution in [2.45, 2.75) is 50.9 Å². The zero-order chi connectivity index (χ0) is 19.5. The molecule has 3 atom stereocenters. The quantitative estimate of drug-likeness (QED) is 0.739. The zero-order valence-electron chi connectivity index (χ0n) is 16.3. The van der Waals surface area contributed by atoms with E-state index in [4.69, 9.17) is 4.74 Å². The van der Waals surface area contributed by atoms with Gasteiger partial charge in [-0.2, -0.15) is 0 Å². The van der Waals surface area contributed by atoms with Gasteiger partial charge in [0.15, 0.2) is 0 Å². The number of hydrogen-bond acceptors (Lipinski definition) is 4. The van der Waals surface area contributed by atoms with Crippen LogP contribution in [0.25, 0.3) is 11.0 Å². The van der Waals surface area contributed by atoms with E-state index in [0.717, 1.165) is 42.3 Å². The summed E-state index contributed by atoms with van der Waals surface area (Å²) in [6, 6.07) is 16.8. The average molecular weight is 378 g/mol. The Morgan fingerprint density at radius 3 is 2.82 bits per heavy atom. The van der Waals surface area contributed by atoms with Crippen LogP contribution in [-0.4, -0.2) is 33.0 Å². The molecule has 1 amide bonds. The zero-order valence-corrected chi connectivity index (χ0v) is 16.3. The molecule has 4 rings (SSSR count). The van der Waals surface area contributed by atoms with Gasteiger partial charge in [0.25, 0.3) is 0 Å². The number of nitrogens with one attached hydrogen (secondary N) is 1. The SMILES string of the molecule is CC(=O)N[C@@H]1C[C@H](CCc2ccccc2)O[C@H](c2ccc3c(c2)nnn3C)C1. The Morgan fingerprint density at radius 1 is 1.21 bits per heavy atom. The van der Waals surface area contributed by atoms with Gasteiger partial charge in [-0.05, 0) is 48.9 Å². The maximum absolute atomic E-state index is 11.6. The fraction of sp³-hybridized carbons (Fsp3) is 0.409. The molecule has 0 unspecified atom stereocenters. The smallest absolute Gasteiger partial charge is 0.217 e. The van der Waals surface area contributed by atoms with E-state index in [1.807, 2.05) is 19.2 Å². The number of rotatable bonds is 5. The Balaban J connectivity index is 1.51. The first-order valence-corrected chi connectivity index (χ1v) is 9.84. The summed E-state index contributed by atoms with van der Waals surface area (Å²) in [5, 5.41) is 11.4. The van der Waals surface area contributed by atoms with Gasteiger partial charge in [-0.3, -0.25) is 4.79 Å². The number of fused-ring (bicyclic) bond motifs is 1. The molecule has 0 aliphatic carbocycles. The lowest BCUT2D eigenvalue weighted by atomic mass is 9.91. The van der Waals surface area contributed by atoms with Crippen molar-refractivity contribution >= 4 is 16.9 Å². The lowest BCUT2D eigenvalue weighted by molar-refractivity contribution is -0.122. The Hall–Kier alpha value is -2.73. The number of nitrogens with zero attached hydrogens (tertiary/aromatic N) is 3. The Kier molecular flexibility index (Phi) is 5.39. The third-order valence-electron chi connectivity index (χ3n) is 5.41. The molecule has 0 spiro atoms. The average Bonchev–Trinajstić information content (AvgIpc) is 3.07. The number of carbonyl (C=O) groups excluding carboxylic acids is 1. The maximum Gasteiger partial charge on any atom is 0.217 e. The van der Waals surface area contributed by atoms with Crippen molar-refractivity contribution in [1.29, 1.82) is 0 Å². The number of carbonyl (C=O) groups is 1. The lowest BCUT2D eigenvalue weighted by Crippen LogP contribution is -2.42. The van der Waals surface area contributed by atoms with Crippen LogP contribution >= 0.6 is 0 Å². The number of benzene rings is 2. The molecule has 28 heavy (non-hydrogen) atoms. The van der Waals surface area contributed by atoms with Gasteiger partial charge in [0.1, 0.15) is 5.52 Å². The molecule has 1 aliphatic rings. The van der Waals surface area contributed by atoms with Crippen LogP contribution in [0, 0.1) is 0 Å². The summed E-state index contributed by atoms with van der Waals surface area (Å²) in [5.41, 5.74) is 4.27. The van der Waals surface area contributed by atoms with Gasteiger partial charge in [0.2, 0.25) is 5.91 Å². The van der Waals surface area contributed by atoms with Gasteiger partial charge < -0.3 is 10.1 Å². The Labute approximate surface area is 164 Å². The van der Waals surface area contributed by atoms with Crippen LogP contribution in [0.3, 0.4) is 0 Å². The number of aryl methyl sites for hydroxylation is 2. The molecule has 0 bridgehead atoms. The minimum atomic E-state index is -0.0576. The van der Waals surface area contributed by atoms with Crippen molar-refractivity contribution in [2.75, 3.05) is 0 Å². The first-order chi connectivity index (χ1) is 13.6. The van der Waals surface area contributed by atoms with Crippen LogP contribution < -0.4 is 5.32 Å². The van der Waals surface area contributed by atoms with E-state index in [0.29, 0.717) is 0 Å². The number of hydrogen-bond donors (Lipinski definition) is 1. The second-order valence-corrected chi connectivity index (χ2v) is 7.60. The van der Waals surface area contributed by atoms with Gasteiger partial charge in [0.05, 0.1) is 17.7 Å². The number of ether oxygens (including phenoxy) is 1. The van der Waals surface area contributed by atoms with Crippen molar-refractivity contribution in [1.82, 2.24) is 20.3 Å². The van der Waals surface area contributed by atoms with E-state index in [1.54, 1.807) is 11.6 Å². The molecule has 1 aliphatic heterocycles. The molecule has 146 valence electrons. The van der Waals surface area contributed by atoms with Crippen LogP contribution in [0.4, 0.5) is 0 Å². The summed E-state index contributed by atoms with van der Waals surface area (Å²) in [5.74, 6) is 0.0110. The monoisotopic (exact) mass is 378 g/mol. The Bertz CT molecular complexity index is 954. The van der Waals surface area contributed by atoms with Gasteiger partial charge in [0, 0.05) is 20.0 Å². The number of aromatic nitrogens is 3. The Morgan fingerprint density at radius 2 is 2.04 bits per heavy atom. The number of amides is 1. The van der Waals surface area contributed by atoms with Crippen LogP contribution in [0.5, 0.6) is 0 Å². The molecule has 6 nitrogen and oxygen atoms in total. The van der Waals surface area contributed by atoms with Gasteiger partial charge >= 0.3 is 0 Å². The molecule has 3 aromatic rings. The minimum absolute atomic E-state index is 0.0110. The predicted octanol–water partition coefficient (Wildman–Crippen LogP) is 3.33. The van der Waals surface area contributed by atoms with E-state index < -0.39 is 0 Å². The van der Waals surface area contributed by atoms with E-state index >= 15 is 0 Å². The van der Waals surface area contributed by atoms with E-state index in [1.165, 1.54) is 5.56 Å². The van der Waals surface area contributed by atoms with E-state index in [2.05, 4.69) is 52.0 Å². The lowest BCUT2D eigenvalue weighted by Gasteiger charge is -2.36. The second kappa shape index (κ2) is 8.10. The normalized spacial score (nSPS) is 22.3. The van der Waals surface area contributed by atoms with Crippen molar-refractivity contribution in [3.8, 4) is 0 Å².